The summed E-state index contributed by atoms with van der Waals surface area (Å²) in [4.78, 5) is 25.0. The van der Waals surface area contributed by atoms with Gasteiger partial charge in [0.25, 0.3) is 0 Å². The van der Waals surface area contributed by atoms with Crippen LogP contribution in [0.4, 0.5) is 0 Å². The van der Waals surface area contributed by atoms with Gasteiger partial charge >= 0.3 is 11.9 Å². The molecule has 3 aromatic carbocycles. The largest absolute Gasteiger partial charge is 0.459 e. The van der Waals surface area contributed by atoms with Crippen molar-refractivity contribution in [1.29, 1.82) is 0 Å². The van der Waals surface area contributed by atoms with E-state index in [0.717, 1.165) is 5.56 Å². The summed E-state index contributed by atoms with van der Waals surface area (Å²) in [7, 11) is 0. The van der Waals surface area contributed by atoms with E-state index in [1.807, 2.05) is 30.3 Å². The van der Waals surface area contributed by atoms with Crippen molar-refractivity contribution in [1.82, 2.24) is 0 Å². The minimum absolute atomic E-state index is 0.0885. The molecule has 2 N–H and O–H groups in total. The Morgan fingerprint density at radius 1 is 0.743 bits per heavy atom. The smallest absolute Gasteiger partial charge is 0.338 e. The Balaban J connectivity index is 1.47. The molecule has 1 aliphatic rings. The predicted molar refractivity (Wildman–Crippen MR) is 124 cm³/mol. The number of rotatable bonds is 8. The molecule has 1 fully saturated rings. The average Bonchev–Trinajstić information content (AvgIpc) is 2.90. The molecule has 1 saturated heterocycles. The van der Waals surface area contributed by atoms with Gasteiger partial charge in [0, 0.05) is 0 Å². The van der Waals surface area contributed by atoms with Crippen LogP contribution in [0.3, 0.4) is 0 Å². The average molecular weight is 478 g/mol. The van der Waals surface area contributed by atoms with Gasteiger partial charge in [0.15, 0.2) is 12.4 Å². The summed E-state index contributed by atoms with van der Waals surface area (Å²) in [5, 5.41) is 21.7. The molecule has 0 radical (unpaired) electrons. The lowest BCUT2D eigenvalue weighted by Crippen LogP contribution is -2.60. The van der Waals surface area contributed by atoms with E-state index in [9.17, 15) is 19.8 Å². The van der Waals surface area contributed by atoms with Crippen LogP contribution in [0, 0.1) is 0 Å². The van der Waals surface area contributed by atoms with Crippen molar-refractivity contribution in [2.24, 2.45) is 0 Å². The zero-order valence-corrected chi connectivity index (χ0v) is 18.8. The molecule has 0 aromatic heterocycles. The first kappa shape index (κ1) is 24.6. The quantitative estimate of drug-likeness (QED) is 0.476. The van der Waals surface area contributed by atoms with E-state index < -0.39 is 42.6 Å². The van der Waals surface area contributed by atoms with Crippen LogP contribution in [-0.2, 0) is 25.6 Å². The summed E-state index contributed by atoms with van der Waals surface area (Å²) in [6, 6.07) is 25.8. The lowest BCUT2D eigenvalue weighted by molar-refractivity contribution is -0.294. The third-order valence-corrected chi connectivity index (χ3v) is 5.56. The van der Waals surface area contributed by atoms with E-state index in [-0.39, 0.29) is 18.8 Å². The van der Waals surface area contributed by atoms with Gasteiger partial charge in [-0.2, -0.15) is 0 Å². The van der Waals surface area contributed by atoms with Gasteiger partial charge in [-0.25, -0.2) is 9.59 Å². The van der Waals surface area contributed by atoms with E-state index in [1.165, 1.54) is 0 Å². The molecule has 0 bridgehead atoms. The molecular weight excluding hydrogens is 452 g/mol. The number of benzene rings is 3. The van der Waals surface area contributed by atoms with Crippen molar-refractivity contribution in [3.63, 3.8) is 0 Å². The molecule has 8 nitrogen and oxygen atoms in total. The number of hydrogen-bond acceptors (Lipinski definition) is 8. The van der Waals surface area contributed by atoms with E-state index >= 15 is 0 Å². The van der Waals surface area contributed by atoms with Gasteiger partial charge < -0.3 is 29.2 Å². The van der Waals surface area contributed by atoms with Crippen molar-refractivity contribution in [2.75, 3.05) is 6.61 Å². The third-order valence-electron chi connectivity index (χ3n) is 5.56. The first-order chi connectivity index (χ1) is 17.0. The second kappa shape index (κ2) is 11.7. The summed E-state index contributed by atoms with van der Waals surface area (Å²) in [6.45, 7) is -0.248. The molecule has 4 rings (SSSR count). The van der Waals surface area contributed by atoms with Crippen molar-refractivity contribution in [3.8, 4) is 0 Å². The van der Waals surface area contributed by atoms with Crippen LogP contribution < -0.4 is 0 Å². The number of carbonyl (C=O) groups is 2. The van der Waals surface area contributed by atoms with Crippen LogP contribution in [0.5, 0.6) is 0 Å². The van der Waals surface area contributed by atoms with Gasteiger partial charge in [-0.1, -0.05) is 66.7 Å². The Morgan fingerprint density at radius 3 is 1.89 bits per heavy atom. The highest BCUT2D eigenvalue weighted by atomic mass is 16.7. The monoisotopic (exact) mass is 478 g/mol. The number of ether oxygens (including phenoxy) is 4. The molecule has 0 spiro atoms. The molecule has 0 saturated carbocycles. The second-order valence-corrected chi connectivity index (χ2v) is 8.02. The molecule has 3 aromatic rings. The topological polar surface area (TPSA) is 112 Å². The standard InChI is InChI=1S/C27H26O8/c28-22-21(17-33-25(29)19-12-6-2-7-13-19)34-27(31)24(35-26(30)20-14-8-3-9-15-20)23(22)32-16-18-10-4-1-5-11-18/h1-15,21-24,27-28,31H,16-17H2/t21-,22+,23+,24-,27+/m1/s1. The molecule has 1 heterocycles. The first-order valence-corrected chi connectivity index (χ1v) is 11.2. The van der Waals surface area contributed by atoms with Crippen LogP contribution in [0.25, 0.3) is 0 Å². The fourth-order valence-corrected chi connectivity index (χ4v) is 3.71. The Labute approximate surface area is 202 Å². The van der Waals surface area contributed by atoms with Crippen molar-refractivity contribution in [3.05, 3.63) is 108 Å². The van der Waals surface area contributed by atoms with Crippen molar-refractivity contribution in [2.45, 2.75) is 37.3 Å². The number of hydrogen-bond donors (Lipinski definition) is 2. The van der Waals surface area contributed by atoms with Crippen LogP contribution in [0.15, 0.2) is 91.0 Å². The Hall–Kier alpha value is -3.56. The summed E-state index contributed by atoms with van der Waals surface area (Å²) >= 11 is 0. The number of aliphatic hydroxyl groups is 2. The fourth-order valence-electron chi connectivity index (χ4n) is 3.71. The van der Waals surface area contributed by atoms with E-state index in [0.29, 0.717) is 5.56 Å². The molecule has 1 aliphatic heterocycles. The summed E-state index contributed by atoms with van der Waals surface area (Å²) in [6.07, 6.45) is -6.55. The van der Waals surface area contributed by atoms with Gasteiger partial charge in [-0.15, -0.1) is 0 Å². The minimum Gasteiger partial charge on any atom is -0.459 e. The number of aliphatic hydroxyl groups excluding tert-OH is 2. The van der Waals surface area contributed by atoms with Crippen LogP contribution in [0.2, 0.25) is 0 Å². The zero-order chi connectivity index (χ0) is 24.6. The van der Waals surface area contributed by atoms with Gasteiger partial charge in [-0.3, -0.25) is 0 Å². The highest BCUT2D eigenvalue weighted by molar-refractivity contribution is 5.89. The van der Waals surface area contributed by atoms with Crippen LogP contribution in [-0.4, -0.2) is 59.5 Å². The Morgan fingerprint density at radius 2 is 1.29 bits per heavy atom. The van der Waals surface area contributed by atoms with Gasteiger partial charge in [0.1, 0.15) is 24.9 Å². The maximum Gasteiger partial charge on any atom is 0.338 e. The summed E-state index contributed by atoms with van der Waals surface area (Å²) in [5.74, 6) is -1.30. The molecule has 0 unspecified atom stereocenters. The molecule has 0 aliphatic carbocycles. The van der Waals surface area contributed by atoms with Crippen LogP contribution in [0.1, 0.15) is 26.3 Å². The Bertz CT molecular complexity index is 1090. The number of carbonyl (C=O) groups excluding carboxylic acids is 2. The summed E-state index contributed by atoms with van der Waals surface area (Å²) < 4.78 is 22.2. The van der Waals surface area contributed by atoms with E-state index in [1.54, 1.807) is 60.7 Å². The SMILES string of the molecule is O=C(OC[C@H]1O[C@H](O)[C@H](OC(=O)c2ccccc2)[C@@H](OCc2ccccc2)[C@H]1O)c1ccccc1. The minimum atomic E-state index is -1.62. The Kier molecular flexibility index (Phi) is 8.23. The third kappa shape index (κ3) is 6.32. The van der Waals surface area contributed by atoms with Gasteiger partial charge in [0.2, 0.25) is 0 Å². The van der Waals surface area contributed by atoms with E-state index in [2.05, 4.69) is 0 Å². The maximum absolute atomic E-state index is 12.6. The highest BCUT2D eigenvalue weighted by Gasteiger charge is 2.48. The summed E-state index contributed by atoms with van der Waals surface area (Å²) in [5.41, 5.74) is 1.43. The van der Waals surface area contributed by atoms with Crippen molar-refractivity contribution < 1.29 is 38.7 Å². The lowest BCUT2D eigenvalue weighted by Gasteiger charge is -2.41. The van der Waals surface area contributed by atoms with Crippen LogP contribution >= 0.6 is 0 Å². The molecule has 8 heteroatoms. The van der Waals surface area contributed by atoms with Crippen molar-refractivity contribution >= 4 is 11.9 Å². The molecule has 5 atom stereocenters. The molecule has 0 amide bonds. The predicted octanol–water partition coefficient (Wildman–Crippen LogP) is 2.73. The normalized spacial score (nSPS) is 23.9. The van der Waals surface area contributed by atoms with E-state index in [4.69, 9.17) is 18.9 Å². The van der Waals surface area contributed by atoms with Gasteiger partial charge in [-0.05, 0) is 29.8 Å². The maximum atomic E-state index is 12.6. The highest BCUT2D eigenvalue weighted by Crippen LogP contribution is 2.27. The molecule has 35 heavy (non-hydrogen) atoms. The zero-order valence-electron chi connectivity index (χ0n) is 18.8. The second-order valence-electron chi connectivity index (χ2n) is 8.02. The number of esters is 2. The first-order valence-electron chi connectivity index (χ1n) is 11.2. The lowest BCUT2D eigenvalue weighted by atomic mass is 9.98. The molecular formula is C27H26O8. The fraction of sp³-hybridized carbons (Fsp3) is 0.259. The van der Waals surface area contributed by atoms with Gasteiger partial charge in [0.05, 0.1) is 17.7 Å². The molecule has 182 valence electrons.